The van der Waals surface area contributed by atoms with E-state index in [1.54, 1.807) is 0 Å². The highest BCUT2D eigenvalue weighted by Crippen LogP contribution is 2.07. The van der Waals surface area contributed by atoms with Gasteiger partial charge in [0.15, 0.2) is 0 Å². The average molecular weight is 480 g/mol. The van der Waals surface area contributed by atoms with E-state index in [4.69, 9.17) is 11.5 Å². The largest absolute Gasteiger partial charge is 0.480 e. The van der Waals surface area contributed by atoms with Crippen molar-refractivity contribution in [2.75, 3.05) is 30.6 Å². The van der Waals surface area contributed by atoms with Crippen LogP contribution in [0.25, 0.3) is 0 Å². The van der Waals surface area contributed by atoms with Gasteiger partial charge in [-0.05, 0) is 69.6 Å². The lowest BCUT2D eigenvalue weighted by Crippen LogP contribution is -2.57. The number of thioether (sulfide) groups is 2. The summed E-state index contributed by atoms with van der Waals surface area (Å²) in [6.45, 7) is 1.96. The van der Waals surface area contributed by atoms with Crippen LogP contribution in [-0.2, 0) is 19.2 Å². The van der Waals surface area contributed by atoms with E-state index >= 15 is 0 Å². The molecule has 10 nitrogen and oxygen atoms in total. The number of carbonyl (C=O) groups is 4. The molecule has 4 atom stereocenters. The Hall–Kier alpha value is -1.50. The Labute approximate surface area is 192 Å². The van der Waals surface area contributed by atoms with Crippen LogP contribution in [0.15, 0.2) is 0 Å². The van der Waals surface area contributed by atoms with Gasteiger partial charge in [-0.1, -0.05) is 0 Å². The number of nitrogens with one attached hydrogen (secondary N) is 3. The monoisotopic (exact) mass is 479 g/mol. The highest BCUT2D eigenvalue weighted by atomic mass is 32.2. The van der Waals surface area contributed by atoms with Gasteiger partial charge in [0.1, 0.15) is 18.1 Å². The van der Waals surface area contributed by atoms with E-state index in [9.17, 15) is 24.3 Å². The van der Waals surface area contributed by atoms with Crippen molar-refractivity contribution in [3.8, 4) is 0 Å². The second-order valence-electron chi connectivity index (χ2n) is 7.16. The number of amides is 3. The van der Waals surface area contributed by atoms with Gasteiger partial charge >= 0.3 is 5.97 Å². The van der Waals surface area contributed by atoms with Gasteiger partial charge in [-0.2, -0.15) is 23.5 Å². The number of hydrogen-bond donors (Lipinski definition) is 6. The van der Waals surface area contributed by atoms with Crippen LogP contribution in [0.4, 0.5) is 0 Å². The Morgan fingerprint density at radius 3 is 1.71 bits per heavy atom. The normalized spacial score (nSPS) is 14.7. The predicted octanol–water partition coefficient (Wildman–Crippen LogP) is -0.492. The van der Waals surface area contributed by atoms with Crippen molar-refractivity contribution in [2.24, 2.45) is 11.5 Å². The zero-order chi connectivity index (χ0) is 23.8. The van der Waals surface area contributed by atoms with Crippen molar-refractivity contribution in [3.63, 3.8) is 0 Å². The van der Waals surface area contributed by atoms with Crippen LogP contribution in [0, 0.1) is 0 Å². The minimum absolute atomic E-state index is 0.270. The lowest BCUT2D eigenvalue weighted by atomic mass is 10.1. The van der Waals surface area contributed by atoms with Gasteiger partial charge < -0.3 is 32.5 Å². The third-order valence-corrected chi connectivity index (χ3v) is 5.75. The Balaban J connectivity index is 5.33. The summed E-state index contributed by atoms with van der Waals surface area (Å²) in [5, 5.41) is 17.2. The first kappa shape index (κ1) is 29.5. The Morgan fingerprint density at radius 2 is 1.26 bits per heavy atom. The van der Waals surface area contributed by atoms with Crippen LogP contribution >= 0.6 is 23.5 Å². The minimum atomic E-state index is -1.13. The molecule has 0 heterocycles. The van der Waals surface area contributed by atoms with Crippen LogP contribution in [-0.4, -0.2) is 83.5 Å². The summed E-state index contributed by atoms with van der Waals surface area (Å²) >= 11 is 3.00. The molecular formula is C19H37N5O5S2. The van der Waals surface area contributed by atoms with Gasteiger partial charge in [-0.25, -0.2) is 4.79 Å². The van der Waals surface area contributed by atoms with Gasteiger partial charge in [0, 0.05) is 0 Å². The highest BCUT2D eigenvalue weighted by Gasteiger charge is 2.29. The summed E-state index contributed by atoms with van der Waals surface area (Å²) in [5.41, 5.74) is 11.1. The molecule has 0 saturated carbocycles. The van der Waals surface area contributed by atoms with Crippen molar-refractivity contribution in [3.05, 3.63) is 0 Å². The van der Waals surface area contributed by atoms with Gasteiger partial charge in [-0.15, -0.1) is 0 Å². The smallest absolute Gasteiger partial charge is 0.326 e. The van der Waals surface area contributed by atoms with E-state index in [1.807, 2.05) is 12.5 Å². The van der Waals surface area contributed by atoms with E-state index in [0.717, 1.165) is 0 Å². The zero-order valence-electron chi connectivity index (χ0n) is 18.5. The SMILES string of the molecule is CSCCC(NC(=O)C(CCCCN)NC(=O)C(CCSC)NC(=O)C(C)N)C(=O)O. The van der Waals surface area contributed by atoms with Crippen LogP contribution in [0.2, 0.25) is 0 Å². The summed E-state index contributed by atoms with van der Waals surface area (Å²) in [7, 11) is 0. The first-order valence-electron chi connectivity index (χ1n) is 10.2. The maximum Gasteiger partial charge on any atom is 0.326 e. The van der Waals surface area contributed by atoms with Crippen molar-refractivity contribution in [1.82, 2.24) is 16.0 Å². The van der Waals surface area contributed by atoms with Crippen LogP contribution in [0.1, 0.15) is 39.0 Å². The minimum Gasteiger partial charge on any atom is -0.480 e. The lowest BCUT2D eigenvalue weighted by Gasteiger charge is -2.25. The van der Waals surface area contributed by atoms with E-state index in [-0.39, 0.29) is 6.42 Å². The Morgan fingerprint density at radius 1 is 0.806 bits per heavy atom. The molecule has 0 aliphatic carbocycles. The second kappa shape index (κ2) is 17.1. The number of rotatable bonds is 17. The maximum atomic E-state index is 12.8. The zero-order valence-corrected chi connectivity index (χ0v) is 20.2. The van der Waals surface area contributed by atoms with Gasteiger partial charge in [0.05, 0.1) is 6.04 Å². The molecule has 0 aliphatic rings. The fraction of sp³-hybridized carbons (Fsp3) is 0.789. The maximum absolute atomic E-state index is 12.8. The fourth-order valence-electron chi connectivity index (χ4n) is 2.61. The predicted molar refractivity (Wildman–Crippen MR) is 126 cm³/mol. The Kier molecular flexibility index (Phi) is 16.3. The number of carbonyl (C=O) groups excluding carboxylic acids is 3. The molecule has 0 aromatic heterocycles. The lowest BCUT2D eigenvalue weighted by molar-refractivity contribution is -0.142. The standard InChI is InChI=1S/C19H37N5O5S2/c1-12(21)16(25)22-14(7-10-30-2)18(27)23-13(6-4-5-9-20)17(26)24-15(19(28)29)8-11-31-3/h12-15H,4-11,20-21H2,1-3H3,(H,22,25)(H,23,27)(H,24,26)(H,28,29). The summed E-state index contributed by atoms with van der Waals surface area (Å²) in [4.78, 5) is 49.1. The van der Waals surface area contributed by atoms with E-state index in [1.165, 1.54) is 30.4 Å². The molecule has 31 heavy (non-hydrogen) atoms. The van der Waals surface area contributed by atoms with Gasteiger partial charge in [0.2, 0.25) is 17.7 Å². The number of aliphatic carboxylic acids is 1. The van der Waals surface area contributed by atoms with Crippen molar-refractivity contribution < 1.29 is 24.3 Å². The molecule has 8 N–H and O–H groups in total. The quantitative estimate of drug-likeness (QED) is 0.150. The molecule has 0 fully saturated rings. The number of hydrogen-bond acceptors (Lipinski definition) is 8. The first-order valence-corrected chi connectivity index (χ1v) is 13.0. The molecule has 0 aromatic rings. The fourth-order valence-corrected chi connectivity index (χ4v) is 3.55. The van der Waals surface area contributed by atoms with Gasteiger partial charge in [-0.3, -0.25) is 14.4 Å². The summed E-state index contributed by atoms with van der Waals surface area (Å²) < 4.78 is 0. The van der Waals surface area contributed by atoms with Gasteiger partial charge in [0.25, 0.3) is 0 Å². The molecule has 4 unspecified atom stereocenters. The topological polar surface area (TPSA) is 177 Å². The third kappa shape index (κ3) is 12.8. The van der Waals surface area contributed by atoms with E-state index < -0.39 is 47.9 Å². The summed E-state index contributed by atoms with van der Waals surface area (Å²) in [6, 6.07) is -3.60. The van der Waals surface area contributed by atoms with Crippen molar-refractivity contribution in [1.29, 1.82) is 0 Å². The second-order valence-corrected chi connectivity index (χ2v) is 9.13. The van der Waals surface area contributed by atoms with Crippen LogP contribution in [0.3, 0.4) is 0 Å². The van der Waals surface area contributed by atoms with Crippen molar-refractivity contribution >= 4 is 47.2 Å². The van der Waals surface area contributed by atoms with E-state index in [0.29, 0.717) is 43.7 Å². The molecule has 180 valence electrons. The first-order chi connectivity index (χ1) is 14.7. The summed E-state index contributed by atoms with van der Waals surface area (Å²) in [6.07, 6.45) is 5.92. The molecule has 0 radical (unpaired) electrons. The number of carboxylic acids is 1. The molecule has 0 aliphatic heterocycles. The van der Waals surface area contributed by atoms with E-state index in [2.05, 4.69) is 16.0 Å². The molecule has 0 rings (SSSR count). The molecule has 0 bridgehead atoms. The highest BCUT2D eigenvalue weighted by molar-refractivity contribution is 7.98. The Bertz CT molecular complexity index is 580. The molecule has 0 saturated heterocycles. The average Bonchev–Trinajstić information content (AvgIpc) is 2.72. The molecule has 12 heteroatoms. The van der Waals surface area contributed by atoms with Crippen LogP contribution < -0.4 is 27.4 Å². The molecule has 0 spiro atoms. The molecule has 0 aromatic carbocycles. The van der Waals surface area contributed by atoms with Crippen molar-refractivity contribution in [2.45, 2.75) is 63.2 Å². The molecular weight excluding hydrogens is 442 g/mol. The summed E-state index contributed by atoms with van der Waals surface area (Å²) in [5.74, 6) is -1.48. The number of carboxylic acid groups (broad SMARTS) is 1. The molecule has 3 amide bonds. The van der Waals surface area contributed by atoms with Crippen LogP contribution in [0.5, 0.6) is 0 Å². The number of nitrogens with two attached hydrogens (primary N) is 2. The number of unbranched alkanes of at least 4 members (excludes halogenated alkanes) is 1. The third-order valence-electron chi connectivity index (χ3n) is 4.46.